The number of amidine groups is 1. The summed E-state index contributed by atoms with van der Waals surface area (Å²) in [7, 11) is 0. The van der Waals surface area contributed by atoms with E-state index >= 15 is 0 Å². The van der Waals surface area contributed by atoms with Gasteiger partial charge in [0.05, 0.1) is 5.02 Å². The van der Waals surface area contributed by atoms with Gasteiger partial charge >= 0.3 is 0 Å². The van der Waals surface area contributed by atoms with E-state index in [1.165, 1.54) is 11.8 Å². The van der Waals surface area contributed by atoms with Crippen molar-refractivity contribution in [1.82, 2.24) is 0 Å². The minimum atomic E-state index is 0.00215. The molecular weight excluding hydrogens is 339 g/mol. The molecule has 104 valence electrons. The molecule has 0 atom stereocenters. The minimum Gasteiger partial charge on any atom is -0.409 e. The molecule has 0 aliphatic heterocycles. The van der Waals surface area contributed by atoms with E-state index < -0.39 is 0 Å². The van der Waals surface area contributed by atoms with E-state index in [4.69, 9.17) is 45.7 Å². The zero-order chi connectivity index (χ0) is 14.7. The quantitative estimate of drug-likeness (QED) is 0.359. The second-order valence-electron chi connectivity index (χ2n) is 3.80. The second kappa shape index (κ2) is 6.59. The van der Waals surface area contributed by atoms with Crippen LogP contribution in [0, 0.1) is 0 Å². The Hall–Kier alpha value is -1.07. The van der Waals surface area contributed by atoms with Gasteiger partial charge in [0.1, 0.15) is 0 Å². The Morgan fingerprint density at radius 1 is 1.00 bits per heavy atom. The number of nitrogens with zero attached hydrogens (tertiary/aromatic N) is 1. The SMILES string of the molecule is NC(=NO)c1ccc(Cl)cc1Sc1cc(Cl)ccc1Cl. The van der Waals surface area contributed by atoms with Crippen LogP contribution < -0.4 is 5.73 Å². The van der Waals surface area contributed by atoms with Crippen molar-refractivity contribution in [2.24, 2.45) is 10.9 Å². The van der Waals surface area contributed by atoms with Gasteiger partial charge in [-0.3, -0.25) is 0 Å². The molecule has 0 unspecified atom stereocenters. The Morgan fingerprint density at radius 3 is 2.25 bits per heavy atom. The molecule has 0 heterocycles. The van der Waals surface area contributed by atoms with Crippen molar-refractivity contribution in [2.45, 2.75) is 9.79 Å². The van der Waals surface area contributed by atoms with Crippen LogP contribution in [0.5, 0.6) is 0 Å². The average Bonchev–Trinajstić information content (AvgIpc) is 2.42. The fourth-order valence-corrected chi connectivity index (χ4v) is 3.28. The molecule has 3 N–H and O–H groups in total. The highest BCUT2D eigenvalue weighted by molar-refractivity contribution is 7.99. The van der Waals surface area contributed by atoms with Crippen molar-refractivity contribution < 1.29 is 5.21 Å². The summed E-state index contributed by atoms with van der Waals surface area (Å²) in [6, 6.07) is 10.2. The Balaban J connectivity index is 2.47. The summed E-state index contributed by atoms with van der Waals surface area (Å²) in [5, 5.41) is 13.5. The number of oxime groups is 1. The van der Waals surface area contributed by atoms with Crippen molar-refractivity contribution in [3.8, 4) is 0 Å². The van der Waals surface area contributed by atoms with Crippen LogP contribution in [0.4, 0.5) is 0 Å². The molecule has 7 heteroatoms. The van der Waals surface area contributed by atoms with Crippen LogP contribution in [0.15, 0.2) is 51.3 Å². The van der Waals surface area contributed by atoms with Crippen LogP contribution in [-0.2, 0) is 0 Å². The van der Waals surface area contributed by atoms with Gasteiger partial charge in [-0.05, 0) is 36.4 Å². The fourth-order valence-electron chi connectivity index (χ4n) is 1.52. The lowest BCUT2D eigenvalue weighted by Gasteiger charge is -2.10. The number of halogens is 3. The number of nitrogens with two attached hydrogens (primary N) is 1. The maximum absolute atomic E-state index is 8.82. The van der Waals surface area contributed by atoms with Gasteiger partial charge in [-0.2, -0.15) is 0 Å². The van der Waals surface area contributed by atoms with Crippen LogP contribution in [0.1, 0.15) is 5.56 Å². The summed E-state index contributed by atoms with van der Waals surface area (Å²) in [5.74, 6) is 0.00215. The van der Waals surface area contributed by atoms with E-state index in [1.54, 1.807) is 36.4 Å². The molecule has 3 nitrogen and oxygen atoms in total. The van der Waals surface area contributed by atoms with Crippen LogP contribution in [0.3, 0.4) is 0 Å². The zero-order valence-corrected chi connectivity index (χ0v) is 13.1. The smallest absolute Gasteiger partial charge is 0.171 e. The summed E-state index contributed by atoms with van der Waals surface area (Å²) in [6.45, 7) is 0. The van der Waals surface area contributed by atoms with E-state index in [1.807, 2.05) is 0 Å². The van der Waals surface area contributed by atoms with Gasteiger partial charge in [-0.15, -0.1) is 0 Å². The summed E-state index contributed by atoms with van der Waals surface area (Å²) >= 11 is 19.4. The van der Waals surface area contributed by atoms with Gasteiger partial charge in [0.2, 0.25) is 0 Å². The molecule has 0 aliphatic rings. The highest BCUT2D eigenvalue weighted by Gasteiger charge is 2.11. The van der Waals surface area contributed by atoms with E-state index in [0.29, 0.717) is 20.6 Å². The molecule has 0 saturated heterocycles. The minimum absolute atomic E-state index is 0.00215. The number of rotatable bonds is 3. The zero-order valence-electron chi connectivity index (χ0n) is 9.98. The van der Waals surface area contributed by atoms with Gasteiger partial charge < -0.3 is 10.9 Å². The third-order valence-electron chi connectivity index (χ3n) is 2.44. The van der Waals surface area contributed by atoms with Gasteiger partial charge in [0.25, 0.3) is 0 Å². The molecule has 2 aromatic carbocycles. The maximum atomic E-state index is 8.82. The van der Waals surface area contributed by atoms with E-state index in [0.717, 1.165) is 9.79 Å². The molecule has 2 rings (SSSR count). The third-order valence-corrected chi connectivity index (χ3v) is 4.47. The van der Waals surface area contributed by atoms with Crippen molar-refractivity contribution in [1.29, 1.82) is 0 Å². The predicted molar refractivity (Wildman–Crippen MR) is 84.5 cm³/mol. The topological polar surface area (TPSA) is 58.6 Å². The van der Waals surface area contributed by atoms with Crippen molar-refractivity contribution in [3.63, 3.8) is 0 Å². The Bertz CT molecular complexity index is 677. The first-order valence-corrected chi connectivity index (χ1v) is 7.36. The lowest BCUT2D eigenvalue weighted by atomic mass is 10.2. The van der Waals surface area contributed by atoms with Gasteiger partial charge in [-0.25, -0.2) is 0 Å². The Morgan fingerprint density at radius 2 is 1.60 bits per heavy atom. The largest absolute Gasteiger partial charge is 0.409 e. The predicted octanol–water partition coefficient (Wildman–Crippen LogP) is 4.89. The monoisotopic (exact) mass is 346 g/mol. The van der Waals surface area contributed by atoms with Crippen LogP contribution in [0.2, 0.25) is 15.1 Å². The normalized spacial score (nSPS) is 11.7. The molecule has 2 aromatic rings. The van der Waals surface area contributed by atoms with Crippen molar-refractivity contribution in [2.75, 3.05) is 0 Å². The molecular formula is C13H9Cl3N2OS. The van der Waals surface area contributed by atoms with Crippen LogP contribution >= 0.6 is 46.6 Å². The average molecular weight is 348 g/mol. The highest BCUT2D eigenvalue weighted by Crippen LogP contribution is 2.37. The molecule has 0 bridgehead atoms. The second-order valence-corrected chi connectivity index (χ2v) is 6.17. The summed E-state index contributed by atoms with van der Waals surface area (Å²) in [4.78, 5) is 1.48. The first kappa shape index (κ1) is 15.3. The lowest BCUT2D eigenvalue weighted by molar-refractivity contribution is 0.318. The standard InChI is InChI=1S/C13H9Cl3N2OS/c14-7-1-3-9(13(17)18-19)11(5-7)20-12-6-8(15)2-4-10(12)16/h1-6,19H,(H2,17,18). The molecule has 0 fully saturated rings. The molecule has 0 amide bonds. The third kappa shape index (κ3) is 3.52. The Labute approximate surface area is 135 Å². The van der Waals surface area contributed by atoms with Crippen molar-refractivity contribution >= 4 is 52.4 Å². The van der Waals surface area contributed by atoms with Crippen LogP contribution in [-0.4, -0.2) is 11.0 Å². The van der Waals surface area contributed by atoms with Gasteiger partial charge in [0, 0.05) is 25.4 Å². The maximum Gasteiger partial charge on any atom is 0.171 e. The lowest BCUT2D eigenvalue weighted by Crippen LogP contribution is -2.14. The molecule has 0 saturated carbocycles. The number of hydrogen-bond acceptors (Lipinski definition) is 3. The van der Waals surface area contributed by atoms with E-state index in [9.17, 15) is 0 Å². The molecule has 0 aromatic heterocycles. The summed E-state index contributed by atoms with van der Waals surface area (Å²) < 4.78 is 0. The van der Waals surface area contributed by atoms with Gasteiger partial charge in [-0.1, -0.05) is 51.7 Å². The molecule has 0 radical (unpaired) electrons. The highest BCUT2D eigenvalue weighted by atomic mass is 35.5. The summed E-state index contributed by atoms with van der Waals surface area (Å²) in [5.41, 5.74) is 6.22. The first-order chi connectivity index (χ1) is 9.51. The van der Waals surface area contributed by atoms with Crippen LogP contribution in [0.25, 0.3) is 0 Å². The number of benzene rings is 2. The summed E-state index contributed by atoms with van der Waals surface area (Å²) in [6.07, 6.45) is 0. The van der Waals surface area contributed by atoms with Crippen molar-refractivity contribution in [3.05, 3.63) is 57.0 Å². The number of hydrogen-bond donors (Lipinski definition) is 2. The molecule has 0 aliphatic carbocycles. The van der Waals surface area contributed by atoms with E-state index in [-0.39, 0.29) is 5.84 Å². The first-order valence-electron chi connectivity index (χ1n) is 5.41. The van der Waals surface area contributed by atoms with Gasteiger partial charge in [0.15, 0.2) is 5.84 Å². The molecule has 20 heavy (non-hydrogen) atoms. The molecule has 0 spiro atoms. The van der Waals surface area contributed by atoms with E-state index in [2.05, 4.69) is 5.16 Å². The fraction of sp³-hybridized carbons (Fsp3) is 0. The Kier molecular flexibility index (Phi) is 5.05.